The van der Waals surface area contributed by atoms with Crippen LogP contribution >= 0.6 is 0 Å². The summed E-state index contributed by atoms with van der Waals surface area (Å²) >= 11 is 0. The van der Waals surface area contributed by atoms with E-state index in [-0.39, 0.29) is 12.1 Å². The van der Waals surface area contributed by atoms with Crippen LogP contribution in [0.2, 0.25) is 0 Å². The lowest BCUT2D eigenvalue weighted by molar-refractivity contribution is -0.142. The number of rotatable bonds is 3. The molecule has 0 aromatic carbocycles. The van der Waals surface area contributed by atoms with Crippen LogP contribution in [-0.4, -0.2) is 12.1 Å². The van der Waals surface area contributed by atoms with E-state index in [4.69, 9.17) is 4.74 Å². The first kappa shape index (κ1) is 10.2. The maximum atomic E-state index is 10.9. The average Bonchev–Trinajstić information content (AvgIpc) is 1.87. The third kappa shape index (κ3) is 3.81. The van der Waals surface area contributed by atoms with Gasteiger partial charge >= 0.3 is 5.97 Å². The quantitative estimate of drug-likeness (QED) is 0.461. The number of hydrogen-bond acceptors (Lipinski definition) is 2. The molecule has 0 aliphatic heterocycles. The molecular formula is C9H15O2. The van der Waals surface area contributed by atoms with Gasteiger partial charge in [-0.1, -0.05) is 20.4 Å². The minimum absolute atomic E-state index is 0.112. The Labute approximate surface area is 68.2 Å². The molecule has 1 atom stereocenters. The van der Waals surface area contributed by atoms with Crippen molar-refractivity contribution in [2.75, 3.05) is 0 Å². The van der Waals surface area contributed by atoms with Crippen LogP contribution in [0.1, 0.15) is 27.7 Å². The molecule has 63 valence electrons. The standard InChI is InChI=1S/C9H15O2/c1-6(2)8(5)11-9(10)7(3)4/h8H,3H2,1-2,4-5H3. The smallest absolute Gasteiger partial charge is 0.333 e. The van der Waals surface area contributed by atoms with E-state index in [2.05, 4.69) is 6.58 Å². The largest absolute Gasteiger partial charge is 0.459 e. The molecule has 2 nitrogen and oxygen atoms in total. The summed E-state index contributed by atoms with van der Waals surface area (Å²) in [6, 6.07) is 0. The lowest BCUT2D eigenvalue weighted by atomic mass is 10.1. The topological polar surface area (TPSA) is 26.3 Å². The average molecular weight is 155 g/mol. The molecule has 0 aromatic heterocycles. The van der Waals surface area contributed by atoms with Crippen LogP contribution in [0.3, 0.4) is 0 Å². The van der Waals surface area contributed by atoms with Gasteiger partial charge in [0.15, 0.2) is 0 Å². The summed E-state index contributed by atoms with van der Waals surface area (Å²) in [4.78, 5) is 10.9. The highest BCUT2D eigenvalue weighted by Crippen LogP contribution is 2.09. The van der Waals surface area contributed by atoms with Crippen molar-refractivity contribution in [3.8, 4) is 0 Å². The van der Waals surface area contributed by atoms with Gasteiger partial charge in [0.2, 0.25) is 0 Å². The van der Waals surface area contributed by atoms with Crippen LogP contribution in [0.5, 0.6) is 0 Å². The molecule has 0 aliphatic carbocycles. The molecule has 0 saturated heterocycles. The van der Waals surface area contributed by atoms with E-state index in [1.54, 1.807) is 6.92 Å². The SMILES string of the molecule is C=C(C)C(=O)OC(C)[C](C)C. The first-order chi connectivity index (χ1) is 4.95. The summed E-state index contributed by atoms with van der Waals surface area (Å²) in [6.07, 6.45) is -0.112. The zero-order chi connectivity index (χ0) is 9.02. The molecule has 1 unspecified atom stereocenters. The summed E-state index contributed by atoms with van der Waals surface area (Å²) in [6.45, 7) is 10.8. The number of esters is 1. The lowest BCUT2D eigenvalue weighted by Gasteiger charge is -2.15. The molecule has 0 aromatic rings. The van der Waals surface area contributed by atoms with E-state index in [0.717, 1.165) is 5.92 Å². The molecule has 0 heterocycles. The predicted octanol–water partition coefficient (Wildman–Crippen LogP) is 2.11. The number of hydrogen-bond donors (Lipinski definition) is 0. The fourth-order valence-electron chi connectivity index (χ4n) is 0.379. The van der Waals surface area contributed by atoms with E-state index in [1.165, 1.54) is 0 Å². The first-order valence-electron chi connectivity index (χ1n) is 3.61. The fourth-order valence-corrected chi connectivity index (χ4v) is 0.379. The Hall–Kier alpha value is -0.790. The van der Waals surface area contributed by atoms with Gasteiger partial charge < -0.3 is 4.74 Å². The van der Waals surface area contributed by atoms with E-state index >= 15 is 0 Å². The number of carbonyl (C=O) groups excluding carboxylic acids is 1. The van der Waals surface area contributed by atoms with Crippen molar-refractivity contribution in [3.63, 3.8) is 0 Å². The van der Waals surface area contributed by atoms with Crippen LogP contribution in [0, 0.1) is 5.92 Å². The van der Waals surface area contributed by atoms with Crippen LogP contribution < -0.4 is 0 Å². The highest BCUT2D eigenvalue weighted by molar-refractivity contribution is 5.87. The van der Waals surface area contributed by atoms with Crippen LogP contribution in [0.4, 0.5) is 0 Å². The molecule has 11 heavy (non-hydrogen) atoms. The second kappa shape index (κ2) is 4.16. The first-order valence-corrected chi connectivity index (χ1v) is 3.61. The van der Waals surface area contributed by atoms with Crippen molar-refractivity contribution < 1.29 is 9.53 Å². The van der Waals surface area contributed by atoms with Crippen molar-refractivity contribution in [2.45, 2.75) is 33.8 Å². The van der Waals surface area contributed by atoms with Gasteiger partial charge in [-0.05, 0) is 13.8 Å². The molecule has 0 amide bonds. The molecule has 0 N–H and O–H groups in total. The monoisotopic (exact) mass is 155 g/mol. The molecule has 0 rings (SSSR count). The Kier molecular flexibility index (Phi) is 3.86. The normalized spacial score (nSPS) is 12.8. The Morgan fingerprint density at radius 1 is 1.36 bits per heavy atom. The molecule has 2 heteroatoms. The van der Waals surface area contributed by atoms with Crippen LogP contribution in [-0.2, 0) is 9.53 Å². The van der Waals surface area contributed by atoms with E-state index in [0.29, 0.717) is 5.57 Å². The Morgan fingerprint density at radius 3 is 2.09 bits per heavy atom. The third-order valence-corrected chi connectivity index (χ3v) is 1.45. The maximum Gasteiger partial charge on any atom is 0.333 e. The number of ether oxygens (including phenoxy) is 1. The van der Waals surface area contributed by atoms with Crippen molar-refractivity contribution in [1.29, 1.82) is 0 Å². The van der Waals surface area contributed by atoms with E-state index in [9.17, 15) is 4.79 Å². The van der Waals surface area contributed by atoms with Gasteiger partial charge in [0.1, 0.15) is 6.10 Å². The third-order valence-electron chi connectivity index (χ3n) is 1.45. The molecule has 0 spiro atoms. The Balaban J connectivity index is 3.85. The second-order valence-electron chi connectivity index (χ2n) is 2.91. The molecule has 0 fully saturated rings. The van der Waals surface area contributed by atoms with Crippen LogP contribution in [0.15, 0.2) is 12.2 Å². The number of carbonyl (C=O) groups is 1. The van der Waals surface area contributed by atoms with Crippen molar-refractivity contribution >= 4 is 5.97 Å². The summed E-state index contributed by atoms with van der Waals surface area (Å²) < 4.78 is 5.00. The summed E-state index contributed by atoms with van der Waals surface area (Å²) in [5.74, 6) is 0.762. The molecule has 1 radical (unpaired) electrons. The van der Waals surface area contributed by atoms with Crippen LogP contribution in [0.25, 0.3) is 0 Å². The van der Waals surface area contributed by atoms with Gasteiger partial charge in [0.05, 0.1) is 0 Å². The Morgan fingerprint density at radius 2 is 1.82 bits per heavy atom. The van der Waals surface area contributed by atoms with Crippen molar-refractivity contribution in [2.24, 2.45) is 0 Å². The summed E-state index contributed by atoms with van der Waals surface area (Å²) in [5, 5.41) is 0. The highest BCUT2D eigenvalue weighted by Gasteiger charge is 2.12. The van der Waals surface area contributed by atoms with E-state index in [1.807, 2.05) is 20.8 Å². The van der Waals surface area contributed by atoms with Gasteiger partial charge in [0, 0.05) is 11.5 Å². The van der Waals surface area contributed by atoms with Gasteiger partial charge in [-0.3, -0.25) is 0 Å². The highest BCUT2D eigenvalue weighted by atomic mass is 16.5. The maximum absolute atomic E-state index is 10.9. The molecule has 0 bridgehead atoms. The molecule has 0 aliphatic rings. The van der Waals surface area contributed by atoms with Gasteiger partial charge in [-0.15, -0.1) is 0 Å². The second-order valence-corrected chi connectivity index (χ2v) is 2.91. The minimum Gasteiger partial charge on any atom is -0.459 e. The Bertz CT molecular complexity index is 159. The zero-order valence-electron chi connectivity index (χ0n) is 7.60. The predicted molar refractivity (Wildman–Crippen MR) is 45.0 cm³/mol. The zero-order valence-corrected chi connectivity index (χ0v) is 7.60. The fraction of sp³-hybridized carbons (Fsp3) is 0.556. The van der Waals surface area contributed by atoms with Crippen molar-refractivity contribution in [3.05, 3.63) is 18.1 Å². The van der Waals surface area contributed by atoms with Gasteiger partial charge in [-0.25, -0.2) is 4.79 Å². The molecule has 0 saturated carbocycles. The lowest BCUT2D eigenvalue weighted by Crippen LogP contribution is -2.19. The molecular weight excluding hydrogens is 140 g/mol. The summed E-state index contributed by atoms with van der Waals surface area (Å²) in [7, 11) is 0. The minimum atomic E-state index is -0.321. The van der Waals surface area contributed by atoms with E-state index < -0.39 is 0 Å². The summed E-state index contributed by atoms with van der Waals surface area (Å²) in [5.41, 5.74) is 0.443. The van der Waals surface area contributed by atoms with Crippen molar-refractivity contribution in [1.82, 2.24) is 0 Å². The van der Waals surface area contributed by atoms with Gasteiger partial charge in [0.25, 0.3) is 0 Å². The van der Waals surface area contributed by atoms with Gasteiger partial charge in [-0.2, -0.15) is 0 Å².